The summed E-state index contributed by atoms with van der Waals surface area (Å²) < 4.78 is 11.2. The Labute approximate surface area is 205 Å². The van der Waals surface area contributed by atoms with Crippen LogP contribution in [0.1, 0.15) is 29.3 Å². The topological polar surface area (TPSA) is 79.3 Å². The minimum atomic E-state index is -0.560. The average molecular weight is 478 g/mol. The number of rotatable bonds is 7. The van der Waals surface area contributed by atoms with Crippen LogP contribution in [0.5, 0.6) is 11.5 Å². The van der Waals surface area contributed by atoms with Crippen LogP contribution in [-0.2, 0) is 16.0 Å². The number of ether oxygens (including phenoxy) is 2. The van der Waals surface area contributed by atoms with Gasteiger partial charge in [-0.15, -0.1) is 0 Å². The zero-order chi connectivity index (χ0) is 24.7. The van der Waals surface area contributed by atoms with Gasteiger partial charge in [0.15, 0.2) is 0 Å². The molecular formula is C27H33N4O4+. The molecule has 0 radical (unpaired) electrons. The van der Waals surface area contributed by atoms with Crippen molar-refractivity contribution in [2.75, 3.05) is 47.9 Å². The number of aromatic amines is 1. The number of amides is 2. The minimum absolute atomic E-state index is 0.0150. The van der Waals surface area contributed by atoms with Crippen LogP contribution in [0.25, 0.3) is 10.9 Å². The fourth-order valence-electron chi connectivity index (χ4n) is 5.51. The summed E-state index contributed by atoms with van der Waals surface area (Å²) in [6.07, 6.45) is 1.35. The quantitative estimate of drug-likeness (QED) is 0.539. The molecule has 184 valence electrons. The van der Waals surface area contributed by atoms with Gasteiger partial charge < -0.3 is 29.2 Å². The summed E-state index contributed by atoms with van der Waals surface area (Å²) in [7, 11) is 7.43. The maximum absolute atomic E-state index is 13.8. The second-order valence-corrected chi connectivity index (χ2v) is 9.66. The largest absolute Gasteiger partial charge is 0.497 e. The normalized spacial score (nSPS) is 19.8. The molecule has 3 aromatic rings. The van der Waals surface area contributed by atoms with Gasteiger partial charge in [0.1, 0.15) is 23.6 Å². The molecule has 0 aliphatic carbocycles. The summed E-state index contributed by atoms with van der Waals surface area (Å²) in [5.74, 6) is 1.29. The van der Waals surface area contributed by atoms with Crippen LogP contribution in [0, 0.1) is 0 Å². The molecule has 2 amide bonds. The van der Waals surface area contributed by atoms with Crippen molar-refractivity contribution in [2.24, 2.45) is 0 Å². The molecule has 3 heterocycles. The molecular weight excluding hydrogens is 444 g/mol. The van der Waals surface area contributed by atoms with Crippen molar-refractivity contribution >= 4 is 22.7 Å². The van der Waals surface area contributed by atoms with Gasteiger partial charge in [-0.05, 0) is 29.8 Å². The third-order valence-corrected chi connectivity index (χ3v) is 7.18. The first-order chi connectivity index (χ1) is 16.9. The molecule has 0 saturated carbocycles. The summed E-state index contributed by atoms with van der Waals surface area (Å²) in [6, 6.07) is 12.7. The van der Waals surface area contributed by atoms with Crippen molar-refractivity contribution in [3.05, 3.63) is 59.3 Å². The number of piperazine rings is 1. The predicted molar refractivity (Wildman–Crippen MR) is 133 cm³/mol. The van der Waals surface area contributed by atoms with Gasteiger partial charge in [-0.2, -0.15) is 0 Å². The summed E-state index contributed by atoms with van der Waals surface area (Å²) in [5, 5.41) is 1.09. The fourth-order valence-corrected chi connectivity index (χ4v) is 5.51. The Morgan fingerprint density at radius 1 is 1.09 bits per heavy atom. The highest BCUT2D eigenvalue weighted by Gasteiger charge is 2.48. The highest BCUT2D eigenvalue weighted by atomic mass is 16.5. The molecule has 8 nitrogen and oxygen atoms in total. The molecule has 2 aliphatic heterocycles. The van der Waals surface area contributed by atoms with Crippen LogP contribution in [0.4, 0.5) is 0 Å². The van der Waals surface area contributed by atoms with E-state index in [1.807, 2.05) is 36.4 Å². The third kappa shape index (κ3) is 4.01. The number of hydrogen-bond acceptors (Lipinski definition) is 4. The van der Waals surface area contributed by atoms with Crippen LogP contribution in [-0.4, -0.2) is 80.6 Å². The van der Waals surface area contributed by atoms with Crippen LogP contribution in [0.2, 0.25) is 0 Å². The van der Waals surface area contributed by atoms with Crippen molar-refractivity contribution in [3.8, 4) is 11.5 Å². The van der Waals surface area contributed by atoms with Gasteiger partial charge in [-0.3, -0.25) is 9.59 Å². The lowest BCUT2D eigenvalue weighted by Crippen LogP contribution is -3.05. The lowest BCUT2D eigenvalue weighted by atomic mass is 9.85. The third-order valence-electron chi connectivity index (χ3n) is 7.18. The van der Waals surface area contributed by atoms with E-state index in [4.69, 9.17) is 9.47 Å². The van der Waals surface area contributed by atoms with Gasteiger partial charge in [0.25, 0.3) is 0 Å². The maximum atomic E-state index is 13.8. The van der Waals surface area contributed by atoms with E-state index < -0.39 is 12.1 Å². The SMILES string of the molecule is COc1ccc(OC)c([C@@H]2c3[nH]c4ccccc4c3C[C@H]3C(=O)N(CCC[NH+](C)C)CC(=O)N23)c1. The Bertz CT molecular complexity index is 1270. The second-order valence-electron chi connectivity index (χ2n) is 9.66. The number of methoxy groups -OCH3 is 2. The number of H-pyrrole nitrogens is 1. The highest BCUT2D eigenvalue weighted by molar-refractivity contribution is 5.97. The first-order valence-electron chi connectivity index (χ1n) is 12.1. The summed E-state index contributed by atoms with van der Waals surface area (Å²) in [5.41, 5.74) is 3.81. The standard InChI is InChI=1S/C27H32N4O4/c1-29(2)12-7-13-30-16-24(32)31-22(27(30)33)15-19-18-8-5-6-9-21(18)28-25(19)26(31)20-14-17(34-3)10-11-23(20)35-4/h5-6,8-11,14,22,26,28H,7,12-13,15-16H2,1-4H3/p+1/t22-,26+/m0/s1. The molecule has 0 spiro atoms. The first-order valence-corrected chi connectivity index (χ1v) is 12.1. The van der Waals surface area contributed by atoms with Crippen LogP contribution in [0.3, 0.4) is 0 Å². The Kier molecular flexibility index (Phi) is 6.15. The molecule has 35 heavy (non-hydrogen) atoms. The number of carbonyl (C=O) groups is 2. The van der Waals surface area contributed by atoms with Gasteiger partial charge >= 0.3 is 0 Å². The van der Waals surface area contributed by atoms with Gasteiger partial charge in [0, 0.05) is 41.5 Å². The molecule has 0 unspecified atom stereocenters. The smallest absolute Gasteiger partial charge is 0.246 e. The summed E-state index contributed by atoms with van der Waals surface area (Å²) in [4.78, 5) is 35.8. The number of nitrogens with zero attached hydrogens (tertiary/aromatic N) is 2. The summed E-state index contributed by atoms with van der Waals surface area (Å²) in [6.45, 7) is 1.63. The van der Waals surface area contributed by atoms with Crippen LogP contribution in [0.15, 0.2) is 42.5 Å². The van der Waals surface area contributed by atoms with E-state index in [0.717, 1.165) is 40.7 Å². The average Bonchev–Trinajstić information content (AvgIpc) is 3.23. The van der Waals surface area contributed by atoms with E-state index >= 15 is 0 Å². The van der Waals surface area contributed by atoms with Crippen LogP contribution >= 0.6 is 0 Å². The zero-order valence-corrected chi connectivity index (χ0v) is 20.8. The highest BCUT2D eigenvalue weighted by Crippen LogP contribution is 2.45. The summed E-state index contributed by atoms with van der Waals surface area (Å²) >= 11 is 0. The van der Waals surface area contributed by atoms with Gasteiger partial charge in [0.05, 0.1) is 41.4 Å². The predicted octanol–water partition coefficient (Wildman–Crippen LogP) is 1.40. The van der Waals surface area contributed by atoms with Crippen molar-refractivity contribution < 1.29 is 24.0 Å². The van der Waals surface area contributed by atoms with E-state index in [9.17, 15) is 9.59 Å². The number of nitrogens with one attached hydrogen (secondary N) is 2. The number of carbonyl (C=O) groups excluding carboxylic acids is 2. The number of benzene rings is 2. The van der Waals surface area contributed by atoms with Crippen molar-refractivity contribution in [1.29, 1.82) is 0 Å². The second kappa shape index (κ2) is 9.26. The van der Waals surface area contributed by atoms with Crippen molar-refractivity contribution in [1.82, 2.24) is 14.8 Å². The van der Waals surface area contributed by atoms with Crippen LogP contribution < -0.4 is 14.4 Å². The molecule has 1 saturated heterocycles. The molecule has 2 aliphatic rings. The van der Waals surface area contributed by atoms with Gasteiger partial charge in [-0.25, -0.2) is 0 Å². The molecule has 5 rings (SSSR count). The number of fused-ring (bicyclic) bond motifs is 4. The monoisotopic (exact) mass is 477 g/mol. The molecule has 1 fully saturated rings. The molecule has 2 atom stereocenters. The minimum Gasteiger partial charge on any atom is -0.497 e. The molecule has 2 aromatic carbocycles. The Hall–Kier alpha value is -3.52. The van der Waals surface area contributed by atoms with E-state index in [-0.39, 0.29) is 18.4 Å². The van der Waals surface area contributed by atoms with E-state index in [1.165, 1.54) is 4.90 Å². The molecule has 2 N–H and O–H groups in total. The molecule has 1 aromatic heterocycles. The maximum Gasteiger partial charge on any atom is 0.246 e. The number of quaternary nitrogens is 1. The number of aromatic nitrogens is 1. The Balaban J connectivity index is 1.63. The van der Waals surface area contributed by atoms with Crippen molar-refractivity contribution in [3.63, 3.8) is 0 Å². The van der Waals surface area contributed by atoms with Crippen molar-refractivity contribution in [2.45, 2.75) is 24.9 Å². The fraction of sp³-hybridized carbons (Fsp3) is 0.407. The molecule has 0 bridgehead atoms. The molecule has 8 heteroatoms. The van der Waals surface area contributed by atoms with Gasteiger partial charge in [-0.1, -0.05) is 18.2 Å². The lowest BCUT2D eigenvalue weighted by molar-refractivity contribution is -0.858. The first kappa shape index (κ1) is 23.2. The van der Waals surface area contributed by atoms with E-state index in [2.05, 4.69) is 25.1 Å². The van der Waals surface area contributed by atoms with Gasteiger partial charge in [0.2, 0.25) is 11.8 Å². The Morgan fingerprint density at radius 2 is 1.89 bits per heavy atom. The number of hydrogen-bond donors (Lipinski definition) is 2. The van der Waals surface area contributed by atoms with E-state index in [1.54, 1.807) is 24.0 Å². The number of para-hydroxylation sites is 1. The lowest BCUT2D eigenvalue weighted by Gasteiger charge is -2.47. The zero-order valence-electron chi connectivity index (χ0n) is 20.8. The Morgan fingerprint density at radius 3 is 2.63 bits per heavy atom. The van der Waals surface area contributed by atoms with E-state index in [0.29, 0.717) is 24.5 Å².